The third-order valence-electron chi connectivity index (χ3n) is 3.43. The Morgan fingerprint density at radius 3 is 2.76 bits per heavy atom. The van der Waals surface area contributed by atoms with E-state index in [4.69, 9.17) is 5.14 Å². The number of hydrogen-bond acceptors (Lipinski definition) is 6. The lowest BCUT2D eigenvalue weighted by atomic mass is 10.1. The van der Waals surface area contributed by atoms with Crippen LogP contribution in [0.25, 0.3) is 0 Å². The molecule has 8 nitrogen and oxygen atoms in total. The fourth-order valence-electron chi connectivity index (χ4n) is 2.34. The molecule has 0 bridgehead atoms. The standard InChI is InChI=1S/C12H18N4O4S/c13-21(19,20)10-3-4-11(12(8-10)16(17)18)15-9-2-1-6-14-7-5-9/h3-4,8-9,14-15H,1-2,5-7H2,(H2,13,19,20). The average molecular weight is 314 g/mol. The summed E-state index contributed by atoms with van der Waals surface area (Å²) in [6.07, 6.45) is 2.75. The highest BCUT2D eigenvalue weighted by atomic mass is 32.2. The van der Waals surface area contributed by atoms with E-state index in [1.165, 1.54) is 12.1 Å². The minimum atomic E-state index is -3.96. The Labute approximate surface area is 122 Å². The first kappa shape index (κ1) is 15.7. The monoisotopic (exact) mass is 314 g/mol. The van der Waals surface area contributed by atoms with Crippen molar-refractivity contribution < 1.29 is 13.3 Å². The van der Waals surface area contributed by atoms with E-state index in [1.54, 1.807) is 0 Å². The lowest BCUT2D eigenvalue weighted by Gasteiger charge is -2.17. The van der Waals surface area contributed by atoms with E-state index in [0.717, 1.165) is 38.4 Å². The van der Waals surface area contributed by atoms with E-state index in [-0.39, 0.29) is 16.6 Å². The van der Waals surface area contributed by atoms with Crippen LogP contribution in [0.4, 0.5) is 11.4 Å². The van der Waals surface area contributed by atoms with E-state index >= 15 is 0 Å². The van der Waals surface area contributed by atoms with Crippen LogP contribution in [-0.4, -0.2) is 32.5 Å². The topological polar surface area (TPSA) is 127 Å². The van der Waals surface area contributed by atoms with Gasteiger partial charge in [-0.05, 0) is 44.5 Å². The Morgan fingerprint density at radius 1 is 1.33 bits per heavy atom. The molecule has 0 radical (unpaired) electrons. The molecule has 1 aliphatic heterocycles. The minimum absolute atomic E-state index is 0.124. The van der Waals surface area contributed by atoms with Crippen molar-refractivity contribution in [3.05, 3.63) is 28.3 Å². The Hall–Kier alpha value is -1.71. The first-order valence-corrected chi connectivity index (χ1v) is 8.21. The molecule has 1 aliphatic rings. The van der Waals surface area contributed by atoms with E-state index < -0.39 is 14.9 Å². The smallest absolute Gasteiger partial charge is 0.293 e. The summed E-state index contributed by atoms with van der Waals surface area (Å²) in [4.78, 5) is 10.3. The summed E-state index contributed by atoms with van der Waals surface area (Å²) in [6, 6.07) is 3.79. The maximum Gasteiger partial charge on any atom is 0.293 e. The molecule has 1 saturated heterocycles. The molecule has 1 heterocycles. The highest BCUT2D eigenvalue weighted by Crippen LogP contribution is 2.28. The number of primary sulfonamides is 1. The van der Waals surface area contributed by atoms with Gasteiger partial charge in [0.05, 0.1) is 9.82 Å². The lowest BCUT2D eigenvalue weighted by molar-refractivity contribution is -0.384. The number of anilines is 1. The minimum Gasteiger partial charge on any atom is -0.377 e. The molecule has 0 saturated carbocycles. The third-order valence-corrected chi connectivity index (χ3v) is 4.34. The second kappa shape index (κ2) is 6.37. The van der Waals surface area contributed by atoms with Gasteiger partial charge in [0.25, 0.3) is 5.69 Å². The van der Waals surface area contributed by atoms with Crippen LogP contribution in [0.3, 0.4) is 0 Å². The molecule has 0 amide bonds. The average Bonchev–Trinajstić information content (AvgIpc) is 2.66. The first-order chi connectivity index (χ1) is 9.88. The number of nitro groups is 1. The highest BCUT2D eigenvalue weighted by molar-refractivity contribution is 7.89. The second-order valence-corrected chi connectivity index (χ2v) is 6.56. The molecule has 0 spiro atoms. The largest absolute Gasteiger partial charge is 0.377 e. The van der Waals surface area contributed by atoms with Crippen molar-refractivity contribution in [2.45, 2.75) is 30.2 Å². The lowest BCUT2D eigenvalue weighted by Crippen LogP contribution is -2.22. The van der Waals surface area contributed by atoms with Crippen molar-refractivity contribution in [3.8, 4) is 0 Å². The van der Waals surface area contributed by atoms with Gasteiger partial charge in [0.2, 0.25) is 10.0 Å². The molecule has 9 heteroatoms. The van der Waals surface area contributed by atoms with Gasteiger partial charge in [-0.3, -0.25) is 10.1 Å². The van der Waals surface area contributed by atoms with Crippen molar-refractivity contribution in [1.29, 1.82) is 0 Å². The van der Waals surface area contributed by atoms with Gasteiger partial charge >= 0.3 is 0 Å². The number of nitro benzene ring substituents is 1. The van der Waals surface area contributed by atoms with Crippen molar-refractivity contribution in [1.82, 2.24) is 5.32 Å². The molecule has 116 valence electrons. The predicted octanol–water partition coefficient (Wildman–Crippen LogP) is 0.796. The summed E-state index contributed by atoms with van der Waals surface area (Å²) in [5.74, 6) is 0. The van der Waals surface area contributed by atoms with Gasteiger partial charge in [0, 0.05) is 12.1 Å². The number of nitrogens with two attached hydrogens (primary N) is 1. The van der Waals surface area contributed by atoms with Crippen LogP contribution in [0.2, 0.25) is 0 Å². The molecule has 1 aromatic rings. The van der Waals surface area contributed by atoms with Crippen LogP contribution in [0.1, 0.15) is 19.3 Å². The molecule has 1 unspecified atom stereocenters. The maximum atomic E-state index is 11.3. The number of rotatable bonds is 4. The number of hydrogen-bond donors (Lipinski definition) is 3. The van der Waals surface area contributed by atoms with E-state index in [2.05, 4.69) is 10.6 Å². The quantitative estimate of drug-likeness (QED) is 0.557. The fourth-order valence-corrected chi connectivity index (χ4v) is 2.88. The molecule has 0 aromatic heterocycles. The molecule has 1 aromatic carbocycles. The molecule has 0 aliphatic carbocycles. The summed E-state index contributed by atoms with van der Waals surface area (Å²) in [6.45, 7) is 1.78. The maximum absolute atomic E-state index is 11.3. The molecular weight excluding hydrogens is 296 g/mol. The van der Waals surface area contributed by atoms with Gasteiger partial charge in [-0.25, -0.2) is 13.6 Å². The normalized spacial score (nSPS) is 19.8. The summed E-state index contributed by atoms with van der Waals surface area (Å²) < 4.78 is 22.6. The Kier molecular flexibility index (Phi) is 4.76. The zero-order valence-electron chi connectivity index (χ0n) is 11.4. The summed E-state index contributed by atoms with van der Waals surface area (Å²) >= 11 is 0. The van der Waals surface area contributed by atoms with Gasteiger partial charge in [-0.15, -0.1) is 0 Å². The predicted molar refractivity (Wildman–Crippen MR) is 78.6 cm³/mol. The Balaban J connectivity index is 2.28. The fraction of sp³-hybridized carbons (Fsp3) is 0.500. The van der Waals surface area contributed by atoms with E-state index in [1.807, 2.05) is 0 Å². The number of nitrogens with one attached hydrogen (secondary N) is 2. The van der Waals surface area contributed by atoms with Crippen LogP contribution in [0.15, 0.2) is 23.1 Å². The zero-order valence-corrected chi connectivity index (χ0v) is 12.2. The third kappa shape index (κ3) is 4.13. The van der Waals surface area contributed by atoms with Crippen LogP contribution in [0, 0.1) is 10.1 Å². The molecular formula is C12H18N4O4S. The van der Waals surface area contributed by atoms with Crippen LogP contribution in [-0.2, 0) is 10.0 Å². The van der Waals surface area contributed by atoms with E-state index in [9.17, 15) is 18.5 Å². The van der Waals surface area contributed by atoms with Gasteiger partial charge in [0.1, 0.15) is 5.69 Å². The first-order valence-electron chi connectivity index (χ1n) is 6.66. The molecule has 21 heavy (non-hydrogen) atoms. The van der Waals surface area contributed by atoms with Crippen molar-refractivity contribution in [2.24, 2.45) is 5.14 Å². The molecule has 2 rings (SSSR count). The Bertz CT molecular complexity index is 624. The molecule has 1 fully saturated rings. The van der Waals surface area contributed by atoms with Gasteiger partial charge < -0.3 is 10.6 Å². The molecule has 4 N–H and O–H groups in total. The van der Waals surface area contributed by atoms with Gasteiger partial charge in [0.15, 0.2) is 0 Å². The highest BCUT2D eigenvalue weighted by Gasteiger charge is 2.21. The van der Waals surface area contributed by atoms with Crippen LogP contribution in [0.5, 0.6) is 0 Å². The number of nitrogens with zero attached hydrogens (tertiary/aromatic N) is 1. The summed E-state index contributed by atoms with van der Waals surface area (Å²) in [5.41, 5.74) is 0.0398. The second-order valence-electron chi connectivity index (χ2n) is 5.00. The molecule has 1 atom stereocenters. The van der Waals surface area contributed by atoms with Crippen LogP contribution >= 0.6 is 0 Å². The van der Waals surface area contributed by atoms with Crippen molar-refractivity contribution in [3.63, 3.8) is 0 Å². The van der Waals surface area contributed by atoms with Gasteiger partial charge in [-0.1, -0.05) is 0 Å². The SMILES string of the molecule is NS(=O)(=O)c1ccc(NC2CCCNCC2)c([N+](=O)[O-])c1. The summed E-state index contributed by atoms with van der Waals surface area (Å²) in [5, 5.41) is 22.5. The van der Waals surface area contributed by atoms with Crippen LogP contribution < -0.4 is 15.8 Å². The van der Waals surface area contributed by atoms with Crippen molar-refractivity contribution in [2.75, 3.05) is 18.4 Å². The number of sulfonamides is 1. The van der Waals surface area contributed by atoms with Gasteiger partial charge in [-0.2, -0.15) is 0 Å². The van der Waals surface area contributed by atoms with Crippen molar-refractivity contribution >= 4 is 21.4 Å². The summed E-state index contributed by atoms with van der Waals surface area (Å²) in [7, 11) is -3.96. The van der Waals surface area contributed by atoms with E-state index in [0.29, 0.717) is 5.69 Å². The number of benzene rings is 1. The Morgan fingerprint density at radius 2 is 2.10 bits per heavy atom. The zero-order chi connectivity index (χ0) is 15.5.